The lowest BCUT2D eigenvalue weighted by Gasteiger charge is -2.31. The van der Waals surface area contributed by atoms with Gasteiger partial charge in [0.15, 0.2) is 0 Å². The van der Waals surface area contributed by atoms with E-state index in [4.69, 9.17) is 9.47 Å². The van der Waals surface area contributed by atoms with E-state index in [9.17, 15) is 4.79 Å². The predicted molar refractivity (Wildman–Crippen MR) is 57.6 cm³/mol. The van der Waals surface area contributed by atoms with Crippen LogP contribution in [0.1, 0.15) is 20.8 Å². The van der Waals surface area contributed by atoms with Crippen molar-refractivity contribution in [2.45, 2.75) is 26.9 Å². The van der Waals surface area contributed by atoms with Gasteiger partial charge < -0.3 is 14.8 Å². The monoisotopic (exact) mass is 215 g/mol. The highest BCUT2D eigenvalue weighted by atomic mass is 16.6. The third-order valence-electron chi connectivity index (χ3n) is 2.67. The van der Waals surface area contributed by atoms with Crippen LogP contribution in [0.25, 0.3) is 0 Å². The molecule has 1 N–H and O–H groups in total. The number of esters is 1. The zero-order valence-electron chi connectivity index (χ0n) is 9.79. The fraction of sp³-hybridized carbons (Fsp3) is 0.909. The molecule has 0 aromatic carbocycles. The quantitative estimate of drug-likeness (QED) is 0.526. The fourth-order valence-corrected chi connectivity index (χ4v) is 1.41. The molecule has 0 aromatic heterocycles. The van der Waals surface area contributed by atoms with Gasteiger partial charge in [0.2, 0.25) is 0 Å². The van der Waals surface area contributed by atoms with E-state index in [1.807, 2.05) is 20.8 Å². The van der Waals surface area contributed by atoms with Gasteiger partial charge in [-0.15, -0.1) is 0 Å². The molecular formula is C11H21NO3. The molecule has 1 rings (SSSR count). The summed E-state index contributed by atoms with van der Waals surface area (Å²) >= 11 is 0. The number of rotatable bonds is 6. The summed E-state index contributed by atoms with van der Waals surface area (Å²) in [5.41, 5.74) is 0. The Labute approximate surface area is 91.3 Å². The molecule has 4 nitrogen and oxygen atoms in total. The van der Waals surface area contributed by atoms with E-state index in [-0.39, 0.29) is 18.0 Å². The van der Waals surface area contributed by atoms with Crippen molar-refractivity contribution in [1.29, 1.82) is 0 Å². The number of carbonyl (C=O) groups excluding carboxylic acids is 1. The van der Waals surface area contributed by atoms with Crippen LogP contribution >= 0.6 is 0 Å². The maximum Gasteiger partial charge on any atom is 0.309 e. The van der Waals surface area contributed by atoms with Crippen LogP contribution in [0.2, 0.25) is 0 Å². The normalized spacial score (nSPS) is 18.7. The molecule has 88 valence electrons. The number of nitrogens with one attached hydrogen (secondary N) is 1. The molecule has 0 radical (unpaired) electrons. The molecule has 0 aromatic rings. The largest absolute Gasteiger partial charge is 0.463 e. The summed E-state index contributed by atoms with van der Waals surface area (Å²) in [7, 11) is 0. The van der Waals surface area contributed by atoms with Gasteiger partial charge in [0.05, 0.1) is 18.6 Å². The third-order valence-corrected chi connectivity index (χ3v) is 2.67. The average Bonchev–Trinajstić information content (AvgIpc) is 2.08. The smallest absolute Gasteiger partial charge is 0.309 e. The van der Waals surface area contributed by atoms with Crippen molar-refractivity contribution < 1.29 is 14.3 Å². The van der Waals surface area contributed by atoms with Crippen molar-refractivity contribution in [2.75, 3.05) is 26.3 Å². The van der Waals surface area contributed by atoms with Crippen LogP contribution in [0.4, 0.5) is 0 Å². The fourth-order valence-electron chi connectivity index (χ4n) is 1.41. The Morgan fingerprint density at radius 3 is 2.47 bits per heavy atom. The van der Waals surface area contributed by atoms with Gasteiger partial charge in [-0.25, -0.2) is 0 Å². The van der Waals surface area contributed by atoms with Gasteiger partial charge in [0, 0.05) is 0 Å². The van der Waals surface area contributed by atoms with Crippen LogP contribution in [0.5, 0.6) is 0 Å². The highest BCUT2D eigenvalue weighted by Crippen LogP contribution is 2.16. The summed E-state index contributed by atoms with van der Waals surface area (Å²) < 4.78 is 10.4. The molecule has 0 aliphatic carbocycles. The molecular weight excluding hydrogens is 194 g/mol. The number of hydrogen-bond acceptors (Lipinski definition) is 4. The first kappa shape index (κ1) is 12.5. The van der Waals surface area contributed by atoms with Crippen LogP contribution < -0.4 is 5.32 Å². The Bertz CT molecular complexity index is 202. The Morgan fingerprint density at radius 2 is 2.00 bits per heavy atom. The topological polar surface area (TPSA) is 47.6 Å². The summed E-state index contributed by atoms with van der Waals surface area (Å²) in [6, 6.07) is 0. The Morgan fingerprint density at radius 1 is 1.33 bits per heavy atom. The van der Waals surface area contributed by atoms with Crippen LogP contribution in [0.3, 0.4) is 0 Å². The van der Waals surface area contributed by atoms with Crippen LogP contribution in [0, 0.1) is 11.8 Å². The SMILES string of the molecule is CC(C)OCCOC(=O)C(C)C1CNC1. The maximum atomic E-state index is 11.5. The molecule has 1 fully saturated rings. The van der Waals surface area contributed by atoms with Crippen LogP contribution in [-0.2, 0) is 14.3 Å². The zero-order valence-corrected chi connectivity index (χ0v) is 9.79. The first-order chi connectivity index (χ1) is 7.11. The molecule has 1 atom stereocenters. The van der Waals surface area contributed by atoms with Gasteiger partial charge in [-0.2, -0.15) is 0 Å². The Hall–Kier alpha value is -0.610. The summed E-state index contributed by atoms with van der Waals surface area (Å²) in [5, 5.41) is 3.15. The molecule has 1 heterocycles. The van der Waals surface area contributed by atoms with E-state index in [1.54, 1.807) is 0 Å². The summed E-state index contributed by atoms with van der Waals surface area (Å²) in [4.78, 5) is 11.5. The lowest BCUT2D eigenvalue weighted by Crippen LogP contribution is -2.47. The maximum absolute atomic E-state index is 11.5. The molecule has 15 heavy (non-hydrogen) atoms. The van der Waals surface area contributed by atoms with Gasteiger partial charge in [0.25, 0.3) is 0 Å². The second kappa shape index (κ2) is 6.08. The standard InChI is InChI=1S/C11H21NO3/c1-8(2)14-4-5-15-11(13)9(3)10-6-12-7-10/h8-10,12H,4-7H2,1-3H3. The molecule has 0 bridgehead atoms. The van der Waals surface area contributed by atoms with Crippen molar-refractivity contribution >= 4 is 5.97 Å². The van der Waals surface area contributed by atoms with Crippen molar-refractivity contribution in [3.05, 3.63) is 0 Å². The Balaban J connectivity index is 2.07. The number of carbonyl (C=O) groups is 1. The van der Waals surface area contributed by atoms with Gasteiger partial charge in [0.1, 0.15) is 6.61 Å². The van der Waals surface area contributed by atoms with Crippen LogP contribution in [0.15, 0.2) is 0 Å². The van der Waals surface area contributed by atoms with Gasteiger partial charge in [-0.3, -0.25) is 4.79 Å². The third kappa shape index (κ3) is 4.18. The second-order valence-corrected chi connectivity index (χ2v) is 4.29. The second-order valence-electron chi connectivity index (χ2n) is 4.29. The molecule has 4 heteroatoms. The highest BCUT2D eigenvalue weighted by molar-refractivity contribution is 5.72. The zero-order chi connectivity index (χ0) is 11.3. The Kier molecular flexibility index (Phi) is 5.05. The number of hydrogen-bond donors (Lipinski definition) is 1. The highest BCUT2D eigenvalue weighted by Gasteiger charge is 2.29. The predicted octanol–water partition coefficient (Wildman–Crippen LogP) is 0.810. The van der Waals surface area contributed by atoms with E-state index in [2.05, 4.69) is 5.32 Å². The van der Waals surface area contributed by atoms with Gasteiger partial charge in [-0.05, 0) is 32.9 Å². The van der Waals surface area contributed by atoms with Crippen LogP contribution in [-0.4, -0.2) is 38.4 Å². The van der Waals surface area contributed by atoms with Crippen molar-refractivity contribution in [1.82, 2.24) is 5.32 Å². The van der Waals surface area contributed by atoms with E-state index in [1.165, 1.54) is 0 Å². The molecule has 0 amide bonds. The van der Waals surface area contributed by atoms with E-state index < -0.39 is 0 Å². The summed E-state index contributed by atoms with van der Waals surface area (Å²) in [6.07, 6.45) is 0.192. The van der Waals surface area contributed by atoms with Crippen molar-refractivity contribution in [2.24, 2.45) is 11.8 Å². The lowest BCUT2D eigenvalue weighted by molar-refractivity contribution is -0.152. The molecule has 1 unspecified atom stereocenters. The van der Waals surface area contributed by atoms with E-state index >= 15 is 0 Å². The van der Waals surface area contributed by atoms with Crippen molar-refractivity contribution in [3.63, 3.8) is 0 Å². The minimum atomic E-state index is -0.103. The van der Waals surface area contributed by atoms with E-state index in [0.29, 0.717) is 19.1 Å². The first-order valence-electron chi connectivity index (χ1n) is 5.60. The van der Waals surface area contributed by atoms with Crippen molar-refractivity contribution in [3.8, 4) is 0 Å². The van der Waals surface area contributed by atoms with Gasteiger partial charge in [-0.1, -0.05) is 6.92 Å². The minimum Gasteiger partial charge on any atom is -0.463 e. The van der Waals surface area contributed by atoms with E-state index in [0.717, 1.165) is 13.1 Å². The average molecular weight is 215 g/mol. The molecule has 1 aliphatic heterocycles. The summed E-state index contributed by atoms with van der Waals surface area (Å²) in [5.74, 6) is 0.350. The minimum absolute atomic E-state index is 0.00491. The lowest BCUT2D eigenvalue weighted by atomic mass is 9.89. The first-order valence-corrected chi connectivity index (χ1v) is 5.60. The van der Waals surface area contributed by atoms with Gasteiger partial charge >= 0.3 is 5.97 Å². The molecule has 1 aliphatic rings. The molecule has 1 saturated heterocycles. The molecule has 0 saturated carbocycles. The summed E-state index contributed by atoms with van der Waals surface area (Å²) in [6.45, 7) is 8.56. The molecule has 0 spiro atoms. The number of ether oxygens (including phenoxy) is 2.